The molecule has 2 aromatic heterocycles. The summed E-state index contributed by atoms with van der Waals surface area (Å²) in [5.74, 6) is -1.64. The van der Waals surface area contributed by atoms with Gasteiger partial charge in [0.25, 0.3) is 5.89 Å². The van der Waals surface area contributed by atoms with E-state index >= 15 is 0 Å². The molecule has 1 aromatic carbocycles. The fourth-order valence-corrected chi connectivity index (χ4v) is 3.97. The molecule has 0 fully saturated rings. The van der Waals surface area contributed by atoms with E-state index in [9.17, 15) is 13.2 Å². The normalized spacial score (nSPS) is 18.7. The zero-order valence-electron chi connectivity index (χ0n) is 18.4. The quantitative estimate of drug-likeness (QED) is 0.516. The molecule has 1 aliphatic rings. The molecule has 0 saturated carbocycles. The van der Waals surface area contributed by atoms with E-state index in [2.05, 4.69) is 25.1 Å². The van der Waals surface area contributed by atoms with Crippen molar-refractivity contribution in [1.29, 1.82) is 0 Å². The summed E-state index contributed by atoms with van der Waals surface area (Å²) in [7, 11) is 1.72. The molecule has 0 radical (unpaired) electrons. The zero-order chi connectivity index (χ0) is 24.5. The molecule has 9 nitrogen and oxygen atoms in total. The fourth-order valence-electron chi connectivity index (χ4n) is 3.14. The summed E-state index contributed by atoms with van der Waals surface area (Å²) in [5.41, 5.74) is 4.70. The first-order valence-corrected chi connectivity index (χ1v) is 10.9. The highest BCUT2D eigenvalue weighted by atomic mass is 32.2. The predicted molar refractivity (Wildman–Crippen MR) is 120 cm³/mol. The minimum Gasteiger partial charge on any atom is -0.466 e. The van der Waals surface area contributed by atoms with Crippen LogP contribution in [0, 0.1) is 18.6 Å². The number of aromatic nitrogens is 4. The van der Waals surface area contributed by atoms with Gasteiger partial charge in [-0.05, 0) is 49.6 Å². The van der Waals surface area contributed by atoms with E-state index in [1.807, 2.05) is 0 Å². The van der Waals surface area contributed by atoms with Gasteiger partial charge < -0.3 is 15.0 Å². The van der Waals surface area contributed by atoms with Gasteiger partial charge in [0.1, 0.15) is 11.2 Å². The largest absolute Gasteiger partial charge is 0.466 e. The second kappa shape index (κ2) is 9.33. The van der Waals surface area contributed by atoms with Gasteiger partial charge in [0.2, 0.25) is 11.8 Å². The molecule has 3 aromatic rings. The lowest BCUT2D eigenvalue weighted by Crippen LogP contribution is -2.40. The molecule has 1 atom stereocenters. The van der Waals surface area contributed by atoms with Gasteiger partial charge in [0.15, 0.2) is 29.9 Å². The minimum atomic E-state index is -1.12. The van der Waals surface area contributed by atoms with Crippen LogP contribution in [0.25, 0.3) is 11.9 Å². The first kappa shape index (κ1) is 23.5. The average Bonchev–Trinajstić information content (AvgIpc) is 3.23. The Labute approximate surface area is 197 Å². The molecule has 34 heavy (non-hydrogen) atoms. The number of guanidine groups is 1. The van der Waals surface area contributed by atoms with E-state index in [4.69, 9.17) is 15.0 Å². The molecular weight excluding hydrogens is 471 g/mol. The summed E-state index contributed by atoms with van der Waals surface area (Å²) in [5, 5.41) is 3.64. The van der Waals surface area contributed by atoms with Crippen molar-refractivity contribution in [2.45, 2.75) is 26.0 Å². The van der Waals surface area contributed by atoms with Gasteiger partial charge in [-0.3, -0.25) is 4.31 Å². The number of nitrogens with zero attached hydrogens (tertiary/aromatic N) is 6. The summed E-state index contributed by atoms with van der Waals surface area (Å²) in [6.45, 7) is 3.29. The van der Waals surface area contributed by atoms with Crippen molar-refractivity contribution in [1.82, 2.24) is 24.4 Å². The molecular formula is C21H20F3N7O2S. The van der Waals surface area contributed by atoms with Crippen molar-refractivity contribution in [2.75, 3.05) is 12.8 Å². The number of nitrogens with two attached hydrogens (primary N) is 1. The van der Waals surface area contributed by atoms with E-state index in [1.54, 1.807) is 25.2 Å². The van der Waals surface area contributed by atoms with Gasteiger partial charge in [-0.15, -0.1) is 0 Å². The smallest absolute Gasteiger partial charge is 0.264 e. The highest BCUT2D eigenvalue weighted by Crippen LogP contribution is 2.37. The summed E-state index contributed by atoms with van der Waals surface area (Å²) in [4.78, 5) is 16.3. The highest BCUT2D eigenvalue weighted by Gasteiger charge is 2.35. The Hall–Kier alpha value is -3.61. The van der Waals surface area contributed by atoms with Crippen LogP contribution in [0.4, 0.5) is 13.2 Å². The van der Waals surface area contributed by atoms with E-state index < -0.39 is 23.0 Å². The zero-order valence-corrected chi connectivity index (χ0v) is 19.2. The van der Waals surface area contributed by atoms with Crippen LogP contribution in [-0.2, 0) is 12.1 Å². The number of aliphatic imine (C=N–C) groups is 1. The minimum absolute atomic E-state index is 0.0232. The fraction of sp³-hybridized carbons (Fsp3) is 0.286. The predicted octanol–water partition coefficient (Wildman–Crippen LogP) is 3.62. The second-order valence-corrected chi connectivity index (χ2v) is 8.73. The molecule has 0 unspecified atom stereocenters. The van der Waals surface area contributed by atoms with Crippen LogP contribution < -0.4 is 10.5 Å². The van der Waals surface area contributed by atoms with Gasteiger partial charge in [0, 0.05) is 18.4 Å². The topological polar surface area (TPSA) is 116 Å². The van der Waals surface area contributed by atoms with Crippen LogP contribution in [0.3, 0.4) is 0 Å². The van der Waals surface area contributed by atoms with Crippen molar-refractivity contribution < 1.29 is 22.4 Å². The van der Waals surface area contributed by atoms with Gasteiger partial charge in [-0.25, -0.2) is 28.1 Å². The van der Waals surface area contributed by atoms with Crippen LogP contribution in [-0.4, -0.2) is 43.2 Å². The number of hydrogen-bond acceptors (Lipinski definition) is 10. The monoisotopic (exact) mass is 491 g/mol. The first-order chi connectivity index (χ1) is 16.1. The van der Waals surface area contributed by atoms with E-state index in [0.717, 1.165) is 18.3 Å². The maximum Gasteiger partial charge on any atom is 0.264 e. The van der Waals surface area contributed by atoms with Crippen LogP contribution >= 0.6 is 11.9 Å². The molecule has 4 rings (SSSR count). The second-order valence-electron chi connectivity index (χ2n) is 7.64. The van der Waals surface area contributed by atoms with Crippen LogP contribution in [0.1, 0.15) is 35.5 Å². The van der Waals surface area contributed by atoms with Gasteiger partial charge in [-0.2, -0.15) is 4.98 Å². The number of benzene rings is 1. The SMILES string of the molecule is Cc1noc(COc2cnc(/C(F)=C/c3cc(F)c(F)c([C@]4(C)CSN(C)C(N)=N4)c3)cn2)n1. The molecule has 1 aliphatic heterocycles. The summed E-state index contributed by atoms with van der Waals surface area (Å²) in [6, 6.07) is 2.24. The van der Waals surface area contributed by atoms with Crippen LogP contribution in [0.5, 0.6) is 5.88 Å². The van der Waals surface area contributed by atoms with Crippen LogP contribution in [0.2, 0.25) is 0 Å². The van der Waals surface area contributed by atoms with Gasteiger partial charge in [-0.1, -0.05) is 5.16 Å². The first-order valence-electron chi connectivity index (χ1n) is 9.98. The molecule has 13 heteroatoms. The number of halogens is 3. The van der Waals surface area contributed by atoms with Crippen molar-refractivity contribution in [3.8, 4) is 5.88 Å². The average molecular weight is 491 g/mol. The Morgan fingerprint density at radius 2 is 2.12 bits per heavy atom. The maximum absolute atomic E-state index is 14.8. The third-order valence-electron chi connectivity index (χ3n) is 4.93. The van der Waals surface area contributed by atoms with Gasteiger partial charge in [0.05, 0.1) is 12.4 Å². The molecule has 178 valence electrons. The number of aryl methyl sites for hydroxylation is 1. The lowest BCUT2D eigenvalue weighted by molar-refractivity contribution is 0.234. The number of hydrogen-bond donors (Lipinski definition) is 1. The molecule has 0 saturated heterocycles. The third kappa shape index (κ3) is 4.98. The molecule has 2 N–H and O–H groups in total. The van der Waals surface area contributed by atoms with Crippen molar-refractivity contribution in [3.05, 3.63) is 64.7 Å². The molecule has 0 amide bonds. The Bertz CT molecular complexity index is 1270. The third-order valence-corrected chi connectivity index (χ3v) is 6.20. The Balaban J connectivity index is 1.55. The summed E-state index contributed by atoms with van der Waals surface area (Å²) in [6.07, 6.45) is 3.41. The van der Waals surface area contributed by atoms with Crippen molar-refractivity contribution in [3.63, 3.8) is 0 Å². The molecule has 0 spiro atoms. The van der Waals surface area contributed by atoms with Crippen molar-refractivity contribution >= 4 is 29.8 Å². The van der Waals surface area contributed by atoms with Gasteiger partial charge >= 0.3 is 0 Å². The summed E-state index contributed by atoms with van der Waals surface area (Å²) >= 11 is 1.32. The Morgan fingerprint density at radius 3 is 2.76 bits per heavy atom. The lowest BCUT2D eigenvalue weighted by Gasteiger charge is -2.34. The standard InChI is InChI=1S/C21H20F3N7O2S/c1-11-28-18(33-30-11)9-32-17-8-26-16(7-27-17)14(22)5-12-4-13(19(24)15(23)6-12)21(2)10-34-31(3)20(25)29-21/h4-8H,9-10H2,1-3H3,(H2,25,29)/b14-5-/t21-/m0/s1. The summed E-state index contributed by atoms with van der Waals surface area (Å²) < 4.78 is 55.8. The highest BCUT2D eigenvalue weighted by molar-refractivity contribution is 7.97. The number of ether oxygens (including phenoxy) is 1. The Morgan fingerprint density at radius 1 is 1.32 bits per heavy atom. The van der Waals surface area contributed by atoms with E-state index in [1.165, 1.54) is 24.2 Å². The number of rotatable bonds is 6. The molecule has 0 aliphatic carbocycles. The van der Waals surface area contributed by atoms with E-state index in [-0.39, 0.29) is 41.2 Å². The Kier molecular flexibility index (Phi) is 6.46. The van der Waals surface area contributed by atoms with Crippen LogP contribution in [0.15, 0.2) is 34.0 Å². The maximum atomic E-state index is 14.8. The van der Waals surface area contributed by atoms with Crippen molar-refractivity contribution in [2.24, 2.45) is 10.7 Å². The van der Waals surface area contributed by atoms with E-state index in [0.29, 0.717) is 11.6 Å². The molecule has 0 bridgehead atoms. The molecule has 3 heterocycles. The lowest BCUT2D eigenvalue weighted by atomic mass is 9.92.